The van der Waals surface area contributed by atoms with Gasteiger partial charge in [0.15, 0.2) is 5.78 Å². The summed E-state index contributed by atoms with van der Waals surface area (Å²) in [6.45, 7) is -0.209. The molecule has 0 unspecified atom stereocenters. The number of halogens is 2. The molecule has 2 heterocycles. The summed E-state index contributed by atoms with van der Waals surface area (Å²) in [7, 11) is 0. The van der Waals surface area contributed by atoms with Crippen LogP contribution < -0.4 is 10.1 Å². The fourth-order valence-corrected chi connectivity index (χ4v) is 4.53. The van der Waals surface area contributed by atoms with E-state index >= 15 is 0 Å². The van der Waals surface area contributed by atoms with Crippen molar-refractivity contribution in [3.8, 4) is 17.1 Å². The number of Topliss-reactive ketones (excluding diaryl/α,β-unsaturated/α-hetero) is 1. The van der Waals surface area contributed by atoms with Crippen LogP contribution in [0.2, 0.25) is 5.02 Å². The summed E-state index contributed by atoms with van der Waals surface area (Å²) in [6, 6.07) is 21.3. The molecule has 5 rings (SSSR count). The molecule has 204 valence electrons. The van der Waals surface area contributed by atoms with Gasteiger partial charge >= 0.3 is 0 Å². The number of aliphatic hydroxyl groups is 1. The van der Waals surface area contributed by atoms with Crippen LogP contribution in [0, 0.1) is 5.82 Å². The number of carbonyl (C=O) groups excluding carboxylic acids is 1. The molecule has 7 nitrogen and oxygen atoms in total. The topological polar surface area (TPSA) is 97.5 Å². The molecule has 0 aliphatic rings. The molecule has 0 aliphatic heterocycles. The van der Waals surface area contributed by atoms with Crippen molar-refractivity contribution in [3.63, 3.8) is 0 Å². The number of anilines is 2. The molecule has 0 amide bonds. The van der Waals surface area contributed by atoms with Crippen LogP contribution in [0.5, 0.6) is 5.75 Å². The molecule has 0 spiro atoms. The predicted octanol–water partition coefficient (Wildman–Crippen LogP) is 7.28. The minimum absolute atomic E-state index is 0.143. The standard InChI is InChI=1S/C31H27ClFN3O4/c32-27-16-23(9-12-30(27)39-18-20-4-3-5-22(33)14-20)36-31-26-15-21(8-11-28(26)34-19-35-31)29-13-10-25(40-29)7-2-1-6-24(38)17-37/h3-5,8-16,19,37H,1-2,6-7,17-18H2,(H,34,35,36). The molecule has 0 radical (unpaired) electrons. The van der Waals surface area contributed by atoms with Crippen molar-refractivity contribution in [1.29, 1.82) is 0 Å². The summed E-state index contributed by atoms with van der Waals surface area (Å²) in [5.41, 5.74) is 3.07. The molecule has 0 aliphatic carbocycles. The number of fused-ring (bicyclic) bond motifs is 1. The lowest BCUT2D eigenvalue weighted by Gasteiger charge is -2.12. The van der Waals surface area contributed by atoms with Crippen LogP contribution in [-0.4, -0.2) is 27.5 Å². The van der Waals surface area contributed by atoms with Crippen LogP contribution >= 0.6 is 11.6 Å². The van der Waals surface area contributed by atoms with Gasteiger partial charge < -0.3 is 19.6 Å². The summed E-state index contributed by atoms with van der Waals surface area (Å²) in [5.74, 6) is 2.19. The summed E-state index contributed by atoms with van der Waals surface area (Å²) >= 11 is 6.48. The maximum Gasteiger partial charge on any atom is 0.158 e. The summed E-state index contributed by atoms with van der Waals surface area (Å²) in [4.78, 5) is 20.1. The number of rotatable bonds is 12. The number of unbranched alkanes of at least 4 members (excludes halogenated alkanes) is 1. The van der Waals surface area contributed by atoms with Gasteiger partial charge in [0.2, 0.25) is 0 Å². The highest BCUT2D eigenvalue weighted by Gasteiger charge is 2.11. The van der Waals surface area contributed by atoms with Gasteiger partial charge in [-0.25, -0.2) is 14.4 Å². The largest absolute Gasteiger partial charge is 0.487 e. The maximum atomic E-state index is 13.4. The van der Waals surface area contributed by atoms with Gasteiger partial charge in [0.05, 0.1) is 10.5 Å². The molecule has 0 fully saturated rings. The van der Waals surface area contributed by atoms with Crippen LogP contribution in [0.25, 0.3) is 22.2 Å². The monoisotopic (exact) mass is 559 g/mol. The van der Waals surface area contributed by atoms with Crippen molar-refractivity contribution in [3.05, 3.63) is 101 Å². The van der Waals surface area contributed by atoms with Crippen molar-refractivity contribution >= 4 is 39.8 Å². The van der Waals surface area contributed by atoms with Crippen LogP contribution in [0.3, 0.4) is 0 Å². The zero-order chi connectivity index (χ0) is 27.9. The number of ketones is 1. The molecular weight excluding hydrogens is 533 g/mol. The van der Waals surface area contributed by atoms with Crippen molar-refractivity contribution in [2.45, 2.75) is 32.3 Å². The normalized spacial score (nSPS) is 11.1. The van der Waals surface area contributed by atoms with Crippen molar-refractivity contribution in [2.24, 2.45) is 0 Å². The third-order valence-electron chi connectivity index (χ3n) is 6.36. The molecule has 0 saturated carbocycles. The third-order valence-corrected chi connectivity index (χ3v) is 6.66. The van der Waals surface area contributed by atoms with Crippen molar-refractivity contribution in [2.75, 3.05) is 11.9 Å². The zero-order valence-electron chi connectivity index (χ0n) is 21.6. The van der Waals surface area contributed by atoms with E-state index in [0.29, 0.717) is 47.1 Å². The first kappa shape index (κ1) is 27.3. The van der Waals surface area contributed by atoms with Gasteiger partial charge in [-0.05, 0) is 79.1 Å². The molecule has 40 heavy (non-hydrogen) atoms. The minimum Gasteiger partial charge on any atom is -0.487 e. The van der Waals surface area contributed by atoms with Crippen molar-refractivity contribution in [1.82, 2.24) is 9.97 Å². The van der Waals surface area contributed by atoms with E-state index < -0.39 is 6.61 Å². The van der Waals surface area contributed by atoms with E-state index in [2.05, 4.69) is 15.3 Å². The molecule has 2 aromatic heterocycles. The highest BCUT2D eigenvalue weighted by Crippen LogP contribution is 2.33. The number of ether oxygens (including phenoxy) is 1. The van der Waals surface area contributed by atoms with E-state index in [9.17, 15) is 9.18 Å². The fourth-order valence-electron chi connectivity index (χ4n) is 4.30. The molecule has 9 heteroatoms. The molecule has 3 aromatic carbocycles. The smallest absolute Gasteiger partial charge is 0.158 e. The van der Waals surface area contributed by atoms with E-state index in [1.807, 2.05) is 36.4 Å². The van der Waals surface area contributed by atoms with Gasteiger partial charge in [0.25, 0.3) is 0 Å². The first-order valence-electron chi connectivity index (χ1n) is 12.9. The minimum atomic E-state index is -0.405. The van der Waals surface area contributed by atoms with Gasteiger partial charge in [-0.1, -0.05) is 23.7 Å². The number of aliphatic hydroxyl groups excluding tert-OH is 1. The second-order valence-corrected chi connectivity index (χ2v) is 9.72. The Hall–Kier alpha value is -4.27. The lowest BCUT2D eigenvalue weighted by Crippen LogP contribution is -2.02. The van der Waals surface area contributed by atoms with Gasteiger partial charge in [0, 0.05) is 29.5 Å². The Bertz CT molecular complexity index is 1640. The number of benzene rings is 3. The van der Waals surface area contributed by atoms with E-state index in [4.69, 9.17) is 25.9 Å². The number of aryl methyl sites for hydroxylation is 1. The Morgan fingerprint density at radius 1 is 1.02 bits per heavy atom. The molecule has 0 atom stereocenters. The van der Waals surface area contributed by atoms with E-state index in [1.54, 1.807) is 24.3 Å². The number of carbonyl (C=O) groups is 1. The van der Waals surface area contributed by atoms with Crippen LogP contribution in [0.1, 0.15) is 30.6 Å². The summed E-state index contributed by atoms with van der Waals surface area (Å²) in [5, 5.41) is 13.4. The molecule has 5 aromatic rings. The third kappa shape index (κ3) is 6.83. The number of nitrogens with one attached hydrogen (secondary N) is 1. The SMILES string of the molecule is O=C(CO)CCCCc1ccc(-c2ccc3ncnc(Nc4ccc(OCc5cccc(F)c5)c(Cl)c4)c3c2)o1. The average Bonchev–Trinajstić information content (AvgIpc) is 3.44. The van der Waals surface area contributed by atoms with Crippen LogP contribution in [0.15, 0.2) is 83.5 Å². The number of furan rings is 1. The van der Waals surface area contributed by atoms with E-state index in [-0.39, 0.29) is 18.2 Å². The highest BCUT2D eigenvalue weighted by atomic mass is 35.5. The maximum absolute atomic E-state index is 13.4. The lowest BCUT2D eigenvalue weighted by molar-refractivity contribution is -0.121. The van der Waals surface area contributed by atoms with Crippen LogP contribution in [-0.2, 0) is 17.8 Å². The summed E-state index contributed by atoms with van der Waals surface area (Å²) in [6.07, 6.45) is 4.09. The van der Waals surface area contributed by atoms with E-state index in [1.165, 1.54) is 18.5 Å². The quantitative estimate of drug-likeness (QED) is 0.155. The first-order chi connectivity index (χ1) is 19.5. The Morgan fingerprint density at radius 3 is 2.75 bits per heavy atom. The zero-order valence-corrected chi connectivity index (χ0v) is 22.3. The lowest BCUT2D eigenvalue weighted by atomic mass is 10.1. The number of aromatic nitrogens is 2. The Labute approximate surface area is 235 Å². The van der Waals surface area contributed by atoms with Gasteiger partial charge in [-0.2, -0.15) is 0 Å². The predicted molar refractivity (Wildman–Crippen MR) is 152 cm³/mol. The van der Waals surface area contributed by atoms with E-state index in [0.717, 1.165) is 34.4 Å². The molecule has 0 saturated heterocycles. The summed E-state index contributed by atoms with van der Waals surface area (Å²) < 4.78 is 25.3. The van der Waals surface area contributed by atoms with Gasteiger partial charge in [-0.15, -0.1) is 0 Å². The Balaban J connectivity index is 1.28. The fraction of sp³-hybridized carbons (Fsp3) is 0.194. The Kier molecular flexibility index (Phi) is 8.68. The second-order valence-electron chi connectivity index (χ2n) is 9.31. The Morgan fingerprint density at radius 2 is 1.93 bits per heavy atom. The first-order valence-corrected chi connectivity index (χ1v) is 13.3. The highest BCUT2D eigenvalue weighted by molar-refractivity contribution is 6.32. The number of hydrogen-bond donors (Lipinski definition) is 2. The number of hydrogen-bond acceptors (Lipinski definition) is 7. The average molecular weight is 560 g/mol. The number of nitrogens with zero attached hydrogens (tertiary/aromatic N) is 2. The van der Waals surface area contributed by atoms with Crippen molar-refractivity contribution < 1.29 is 23.4 Å². The van der Waals surface area contributed by atoms with Gasteiger partial charge in [0.1, 0.15) is 48.4 Å². The molecule has 0 bridgehead atoms. The van der Waals surface area contributed by atoms with Crippen LogP contribution in [0.4, 0.5) is 15.9 Å². The molecular formula is C31H27ClFN3O4. The molecule has 2 N–H and O–H groups in total. The second kappa shape index (κ2) is 12.7. The van der Waals surface area contributed by atoms with Gasteiger partial charge in [-0.3, -0.25) is 4.79 Å².